The van der Waals surface area contributed by atoms with Crippen molar-refractivity contribution in [3.8, 4) is 5.75 Å². The quantitative estimate of drug-likeness (QED) is 0.454. The number of ether oxygens (including phenoxy) is 1. The number of nitrogens with zero attached hydrogens (tertiary/aromatic N) is 2. The Balaban J connectivity index is 1.83. The monoisotopic (exact) mass is 426 g/mol. The summed E-state index contributed by atoms with van der Waals surface area (Å²) in [5.41, 5.74) is 3.33. The molecule has 0 fully saturated rings. The van der Waals surface area contributed by atoms with E-state index in [2.05, 4.69) is 20.6 Å². The second kappa shape index (κ2) is 9.93. The molecule has 1 aromatic heterocycles. The zero-order chi connectivity index (χ0) is 21.5. The molecule has 7 nitrogen and oxygen atoms in total. The molecule has 0 unspecified atom stereocenters. The number of carboxylic acid groups (broad SMARTS) is 1. The highest BCUT2D eigenvalue weighted by Gasteiger charge is 2.10. The Morgan fingerprint density at radius 2 is 1.83 bits per heavy atom. The largest absolute Gasteiger partial charge is 0.491 e. The van der Waals surface area contributed by atoms with Crippen molar-refractivity contribution in [1.82, 2.24) is 9.97 Å². The average Bonchev–Trinajstić information content (AvgIpc) is 2.71. The first-order valence-corrected chi connectivity index (χ1v) is 9.86. The molecule has 3 rings (SSSR count). The second-order valence-corrected chi connectivity index (χ2v) is 7.36. The summed E-state index contributed by atoms with van der Waals surface area (Å²) in [6.07, 6.45) is 2.27. The van der Waals surface area contributed by atoms with Crippen molar-refractivity contribution >= 4 is 34.9 Å². The van der Waals surface area contributed by atoms with Crippen LogP contribution in [0.25, 0.3) is 0 Å². The fourth-order valence-electron chi connectivity index (χ4n) is 2.74. The van der Waals surface area contributed by atoms with Gasteiger partial charge in [0.25, 0.3) is 0 Å². The molecular formula is C22H23ClN4O3. The van der Waals surface area contributed by atoms with Gasteiger partial charge in [-0.05, 0) is 55.8 Å². The number of aromatic nitrogens is 2. The maximum absolute atomic E-state index is 10.8. The van der Waals surface area contributed by atoms with Crippen LogP contribution in [-0.2, 0) is 11.2 Å². The van der Waals surface area contributed by atoms with Crippen LogP contribution in [0.1, 0.15) is 25.1 Å². The minimum Gasteiger partial charge on any atom is -0.491 e. The molecule has 8 heteroatoms. The Morgan fingerprint density at radius 3 is 2.47 bits per heavy atom. The lowest BCUT2D eigenvalue weighted by Crippen LogP contribution is -2.15. The molecule has 3 N–H and O–H groups in total. The van der Waals surface area contributed by atoms with E-state index in [9.17, 15) is 4.79 Å². The van der Waals surface area contributed by atoms with E-state index in [1.165, 1.54) is 0 Å². The van der Waals surface area contributed by atoms with E-state index in [-0.39, 0.29) is 18.6 Å². The Kier molecular flexibility index (Phi) is 7.08. The van der Waals surface area contributed by atoms with Gasteiger partial charge in [0.05, 0.1) is 23.7 Å². The van der Waals surface area contributed by atoms with Crippen LogP contribution >= 0.6 is 11.6 Å². The molecule has 0 bridgehead atoms. The molecule has 0 atom stereocenters. The lowest BCUT2D eigenvalue weighted by Gasteiger charge is -2.14. The van der Waals surface area contributed by atoms with Crippen molar-refractivity contribution in [1.29, 1.82) is 0 Å². The lowest BCUT2D eigenvalue weighted by atomic mass is 10.1. The van der Waals surface area contributed by atoms with Crippen LogP contribution in [0.15, 0.2) is 54.7 Å². The molecule has 0 spiro atoms. The number of halogens is 1. The predicted octanol–water partition coefficient (Wildman–Crippen LogP) is 4.75. The molecule has 0 radical (unpaired) electrons. The number of hydrogen-bond donors (Lipinski definition) is 3. The molecule has 3 aromatic rings. The second-order valence-electron chi connectivity index (χ2n) is 6.92. The third-order valence-corrected chi connectivity index (χ3v) is 4.31. The normalized spacial score (nSPS) is 10.7. The van der Waals surface area contributed by atoms with Gasteiger partial charge in [0, 0.05) is 17.1 Å². The van der Waals surface area contributed by atoms with Crippen LogP contribution < -0.4 is 15.4 Å². The van der Waals surface area contributed by atoms with Gasteiger partial charge < -0.3 is 20.5 Å². The summed E-state index contributed by atoms with van der Waals surface area (Å²) in [6.45, 7) is 3.70. The first kappa shape index (κ1) is 21.4. The van der Waals surface area contributed by atoms with Crippen molar-refractivity contribution in [2.24, 2.45) is 0 Å². The standard InChI is InChI=1S/C22H23ClN4O3/c1-14(2)30-18-9-7-17(8-10-18)26-20-12-24-22(25-13-21(28)29)27-19(20)11-15-3-5-16(23)6-4-15/h3-10,12,14,26H,11,13H2,1-2H3,(H,28,29)(H,24,25,27). The maximum Gasteiger partial charge on any atom is 0.322 e. The number of hydrogen-bond acceptors (Lipinski definition) is 6. The number of carboxylic acids is 1. The molecule has 0 saturated carbocycles. The van der Waals surface area contributed by atoms with Gasteiger partial charge in [-0.15, -0.1) is 0 Å². The van der Waals surface area contributed by atoms with E-state index in [4.69, 9.17) is 21.4 Å². The molecule has 156 valence electrons. The van der Waals surface area contributed by atoms with Crippen LogP contribution in [0.2, 0.25) is 5.02 Å². The Morgan fingerprint density at radius 1 is 1.13 bits per heavy atom. The SMILES string of the molecule is CC(C)Oc1ccc(Nc2cnc(NCC(=O)O)nc2Cc2ccc(Cl)cc2)cc1. The average molecular weight is 427 g/mol. The zero-order valence-corrected chi connectivity index (χ0v) is 17.5. The maximum atomic E-state index is 10.8. The molecule has 2 aromatic carbocycles. The van der Waals surface area contributed by atoms with Gasteiger partial charge >= 0.3 is 5.97 Å². The Hall–Kier alpha value is -3.32. The first-order valence-electron chi connectivity index (χ1n) is 9.49. The lowest BCUT2D eigenvalue weighted by molar-refractivity contribution is -0.134. The number of carbonyl (C=O) groups is 1. The highest BCUT2D eigenvalue weighted by molar-refractivity contribution is 6.30. The van der Waals surface area contributed by atoms with E-state index >= 15 is 0 Å². The number of rotatable bonds is 9. The van der Waals surface area contributed by atoms with E-state index in [1.54, 1.807) is 6.20 Å². The summed E-state index contributed by atoms with van der Waals surface area (Å²) in [5, 5.41) is 15.6. The van der Waals surface area contributed by atoms with Crippen molar-refractivity contribution in [3.63, 3.8) is 0 Å². The van der Waals surface area contributed by atoms with Crippen LogP contribution in [0, 0.1) is 0 Å². The van der Waals surface area contributed by atoms with Crippen molar-refractivity contribution in [2.45, 2.75) is 26.4 Å². The van der Waals surface area contributed by atoms with Crippen molar-refractivity contribution in [2.75, 3.05) is 17.2 Å². The molecule has 0 aliphatic heterocycles. The van der Waals surface area contributed by atoms with Gasteiger partial charge in [-0.2, -0.15) is 0 Å². The van der Waals surface area contributed by atoms with E-state index < -0.39 is 5.97 Å². The van der Waals surface area contributed by atoms with Crippen LogP contribution in [0.3, 0.4) is 0 Å². The van der Waals surface area contributed by atoms with Gasteiger partial charge in [0.15, 0.2) is 0 Å². The first-order chi connectivity index (χ1) is 14.4. The molecule has 1 heterocycles. The van der Waals surface area contributed by atoms with Gasteiger partial charge in [-0.3, -0.25) is 4.79 Å². The van der Waals surface area contributed by atoms with Gasteiger partial charge in [0.2, 0.25) is 5.95 Å². The van der Waals surface area contributed by atoms with Gasteiger partial charge in [-0.25, -0.2) is 9.97 Å². The summed E-state index contributed by atoms with van der Waals surface area (Å²) in [6, 6.07) is 15.1. The summed E-state index contributed by atoms with van der Waals surface area (Å²) >= 11 is 5.98. The van der Waals surface area contributed by atoms with E-state index in [0.717, 1.165) is 28.4 Å². The topological polar surface area (TPSA) is 96.4 Å². The van der Waals surface area contributed by atoms with E-state index in [1.807, 2.05) is 62.4 Å². The van der Waals surface area contributed by atoms with Crippen LogP contribution in [0.4, 0.5) is 17.3 Å². The minimum atomic E-state index is -0.983. The van der Waals surface area contributed by atoms with Gasteiger partial charge in [0.1, 0.15) is 12.3 Å². The minimum absolute atomic E-state index is 0.106. The third kappa shape index (κ3) is 6.35. The summed E-state index contributed by atoms with van der Waals surface area (Å²) in [5.74, 6) is 0.0674. The molecule has 0 saturated heterocycles. The molecule has 0 aliphatic rings. The molecular weight excluding hydrogens is 404 g/mol. The number of nitrogens with one attached hydrogen (secondary N) is 2. The Labute approximate surface area is 180 Å². The van der Waals surface area contributed by atoms with Crippen molar-refractivity contribution < 1.29 is 14.6 Å². The predicted molar refractivity (Wildman–Crippen MR) is 118 cm³/mol. The number of aliphatic carboxylic acids is 1. The number of benzene rings is 2. The van der Waals surface area contributed by atoms with Crippen LogP contribution in [-0.4, -0.2) is 33.7 Å². The Bertz CT molecular complexity index is 992. The molecule has 30 heavy (non-hydrogen) atoms. The summed E-state index contributed by atoms with van der Waals surface area (Å²) in [7, 11) is 0. The van der Waals surface area contributed by atoms with Gasteiger partial charge in [-0.1, -0.05) is 23.7 Å². The van der Waals surface area contributed by atoms with E-state index in [0.29, 0.717) is 11.4 Å². The fraction of sp³-hybridized carbons (Fsp3) is 0.227. The smallest absolute Gasteiger partial charge is 0.322 e. The third-order valence-electron chi connectivity index (χ3n) is 4.06. The molecule has 0 aliphatic carbocycles. The highest BCUT2D eigenvalue weighted by atomic mass is 35.5. The number of anilines is 3. The molecule has 0 amide bonds. The summed E-state index contributed by atoms with van der Waals surface area (Å²) < 4.78 is 5.67. The summed E-state index contributed by atoms with van der Waals surface area (Å²) in [4.78, 5) is 19.6. The van der Waals surface area contributed by atoms with Crippen LogP contribution in [0.5, 0.6) is 5.75 Å². The fourth-order valence-corrected chi connectivity index (χ4v) is 2.86. The highest BCUT2D eigenvalue weighted by Crippen LogP contribution is 2.25. The zero-order valence-electron chi connectivity index (χ0n) is 16.7. The van der Waals surface area contributed by atoms with Crippen molar-refractivity contribution in [3.05, 3.63) is 71.0 Å².